The first-order valence-electron chi connectivity index (χ1n) is 8.43. The van der Waals surface area contributed by atoms with Gasteiger partial charge in [0.05, 0.1) is 0 Å². The summed E-state index contributed by atoms with van der Waals surface area (Å²) in [6.45, 7) is 9.65. The molecular weight excluding hydrogens is 234 g/mol. The maximum absolute atomic E-state index is 3.43. The number of hydrogen-bond donors (Lipinski definition) is 1. The van der Waals surface area contributed by atoms with Crippen molar-refractivity contribution in [1.29, 1.82) is 0 Å². The Balaban J connectivity index is 1.62. The zero-order chi connectivity index (χ0) is 13.5. The van der Waals surface area contributed by atoms with E-state index in [0.717, 1.165) is 12.0 Å². The van der Waals surface area contributed by atoms with E-state index in [2.05, 4.69) is 29.1 Å². The molecule has 1 aliphatic carbocycles. The molecule has 0 spiro atoms. The van der Waals surface area contributed by atoms with E-state index in [1.54, 1.807) is 0 Å². The molecule has 0 aromatic carbocycles. The summed E-state index contributed by atoms with van der Waals surface area (Å²) >= 11 is 0. The van der Waals surface area contributed by atoms with Gasteiger partial charge < -0.3 is 10.2 Å². The van der Waals surface area contributed by atoms with E-state index in [-0.39, 0.29) is 0 Å². The van der Waals surface area contributed by atoms with Gasteiger partial charge in [-0.25, -0.2) is 0 Å². The van der Waals surface area contributed by atoms with Gasteiger partial charge in [-0.1, -0.05) is 19.8 Å². The molecule has 112 valence electrons. The number of hydrogen-bond acceptors (Lipinski definition) is 3. The van der Waals surface area contributed by atoms with Gasteiger partial charge in [0.2, 0.25) is 0 Å². The van der Waals surface area contributed by atoms with E-state index in [0.29, 0.717) is 0 Å². The molecule has 1 saturated heterocycles. The van der Waals surface area contributed by atoms with Gasteiger partial charge in [0.15, 0.2) is 0 Å². The smallest absolute Gasteiger partial charge is 0.0110 e. The first-order chi connectivity index (χ1) is 9.29. The van der Waals surface area contributed by atoms with Crippen LogP contribution in [0.5, 0.6) is 0 Å². The van der Waals surface area contributed by atoms with Crippen LogP contribution in [0.4, 0.5) is 0 Å². The lowest BCUT2D eigenvalue weighted by Crippen LogP contribution is -2.47. The zero-order valence-corrected chi connectivity index (χ0v) is 13.0. The van der Waals surface area contributed by atoms with Crippen molar-refractivity contribution in [2.45, 2.75) is 51.5 Å². The molecule has 0 aromatic rings. The average molecular weight is 267 g/mol. The fourth-order valence-electron chi connectivity index (χ4n) is 3.70. The maximum Gasteiger partial charge on any atom is 0.0110 e. The summed E-state index contributed by atoms with van der Waals surface area (Å²) < 4.78 is 0. The summed E-state index contributed by atoms with van der Waals surface area (Å²) in [7, 11) is 2.34. The van der Waals surface area contributed by atoms with E-state index in [1.807, 2.05) is 0 Å². The van der Waals surface area contributed by atoms with Crippen molar-refractivity contribution < 1.29 is 0 Å². The van der Waals surface area contributed by atoms with Gasteiger partial charge in [0, 0.05) is 45.3 Å². The fraction of sp³-hybridized carbons (Fsp3) is 1.00. The lowest BCUT2D eigenvalue weighted by atomic mass is 9.83. The predicted octanol–water partition coefficient (Wildman–Crippen LogP) is 2.18. The Morgan fingerprint density at radius 1 is 1.11 bits per heavy atom. The van der Waals surface area contributed by atoms with Crippen molar-refractivity contribution in [2.24, 2.45) is 5.92 Å². The van der Waals surface area contributed by atoms with Crippen LogP contribution >= 0.6 is 0 Å². The van der Waals surface area contributed by atoms with Gasteiger partial charge in [0.1, 0.15) is 0 Å². The fourth-order valence-corrected chi connectivity index (χ4v) is 3.70. The SMILES string of the molecule is CCCC1CCC(N(C)CCN2CCNCC2)CC1. The largest absolute Gasteiger partial charge is 0.314 e. The first kappa shape index (κ1) is 15.3. The molecule has 1 saturated carbocycles. The molecule has 19 heavy (non-hydrogen) atoms. The molecule has 0 radical (unpaired) electrons. The Bertz CT molecular complexity index is 230. The monoisotopic (exact) mass is 267 g/mol. The second-order valence-electron chi connectivity index (χ2n) is 6.54. The lowest BCUT2D eigenvalue weighted by Gasteiger charge is -2.36. The molecular formula is C16H33N3. The number of piperazine rings is 1. The third-order valence-corrected chi connectivity index (χ3v) is 5.12. The standard InChI is InChI=1S/C16H33N3/c1-3-4-15-5-7-16(8-6-15)18(2)13-14-19-11-9-17-10-12-19/h15-17H,3-14H2,1-2H3. The molecule has 0 atom stereocenters. The Kier molecular flexibility index (Phi) is 6.62. The van der Waals surface area contributed by atoms with Crippen LogP contribution in [-0.4, -0.2) is 62.2 Å². The molecule has 1 N–H and O–H groups in total. The number of nitrogens with zero attached hydrogens (tertiary/aromatic N) is 2. The van der Waals surface area contributed by atoms with Crippen LogP contribution in [0.15, 0.2) is 0 Å². The van der Waals surface area contributed by atoms with Crippen molar-refractivity contribution in [1.82, 2.24) is 15.1 Å². The lowest BCUT2D eigenvalue weighted by molar-refractivity contribution is 0.136. The summed E-state index contributed by atoms with van der Waals surface area (Å²) in [5.41, 5.74) is 0. The summed E-state index contributed by atoms with van der Waals surface area (Å²) in [5.74, 6) is 1.03. The normalized spacial score (nSPS) is 29.8. The first-order valence-corrected chi connectivity index (χ1v) is 8.43. The third kappa shape index (κ3) is 5.05. The molecule has 1 heterocycles. The quantitative estimate of drug-likeness (QED) is 0.796. The summed E-state index contributed by atoms with van der Waals surface area (Å²) in [5, 5.41) is 3.43. The van der Waals surface area contributed by atoms with Gasteiger partial charge in [-0.2, -0.15) is 0 Å². The molecule has 2 aliphatic rings. The number of rotatable bonds is 6. The molecule has 3 nitrogen and oxygen atoms in total. The van der Waals surface area contributed by atoms with Crippen molar-refractivity contribution in [3.63, 3.8) is 0 Å². The highest BCUT2D eigenvalue weighted by atomic mass is 15.2. The molecule has 1 aliphatic heterocycles. The van der Waals surface area contributed by atoms with Crippen LogP contribution in [0.25, 0.3) is 0 Å². The van der Waals surface area contributed by atoms with E-state index in [4.69, 9.17) is 0 Å². The Hall–Kier alpha value is -0.120. The minimum Gasteiger partial charge on any atom is -0.314 e. The van der Waals surface area contributed by atoms with E-state index >= 15 is 0 Å². The van der Waals surface area contributed by atoms with Crippen LogP contribution < -0.4 is 5.32 Å². The topological polar surface area (TPSA) is 18.5 Å². The van der Waals surface area contributed by atoms with Crippen LogP contribution in [0.3, 0.4) is 0 Å². The molecule has 3 heteroatoms. The van der Waals surface area contributed by atoms with Gasteiger partial charge in [-0.05, 0) is 38.6 Å². The molecule has 2 fully saturated rings. The van der Waals surface area contributed by atoms with E-state index in [9.17, 15) is 0 Å². The molecule has 0 bridgehead atoms. The summed E-state index contributed by atoms with van der Waals surface area (Å²) in [6.07, 6.45) is 8.63. The van der Waals surface area contributed by atoms with Gasteiger partial charge in [0.25, 0.3) is 0 Å². The summed E-state index contributed by atoms with van der Waals surface area (Å²) in [4.78, 5) is 5.24. The highest BCUT2D eigenvalue weighted by molar-refractivity contribution is 4.79. The molecule has 0 unspecified atom stereocenters. The van der Waals surface area contributed by atoms with Crippen LogP contribution in [-0.2, 0) is 0 Å². The minimum absolute atomic E-state index is 0.857. The van der Waals surface area contributed by atoms with E-state index < -0.39 is 0 Å². The van der Waals surface area contributed by atoms with Crippen LogP contribution in [0.2, 0.25) is 0 Å². The predicted molar refractivity (Wildman–Crippen MR) is 82.6 cm³/mol. The Morgan fingerprint density at radius 3 is 2.42 bits per heavy atom. The van der Waals surface area contributed by atoms with Crippen molar-refractivity contribution in [3.8, 4) is 0 Å². The summed E-state index contributed by atoms with van der Waals surface area (Å²) in [6, 6.07) is 0.857. The van der Waals surface area contributed by atoms with Crippen molar-refractivity contribution >= 4 is 0 Å². The van der Waals surface area contributed by atoms with Crippen LogP contribution in [0.1, 0.15) is 45.4 Å². The number of likely N-dealkylation sites (N-methyl/N-ethyl adjacent to an activating group) is 1. The molecule has 0 amide bonds. The van der Waals surface area contributed by atoms with Crippen molar-refractivity contribution in [3.05, 3.63) is 0 Å². The molecule has 2 rings (SSSR count). The Morgan fingerprint density at radius 2 is 1.79 bits per heavy atom. The second-order valence-corrected chi connectivity index (χ2v) is 6.54. The van der Waals surface area contributed by atoms with Crippen LogP contribution in [0, 0.1) is 5.92 Å². The third-order valence-electron chi connectivity index (χ3n) is 5.12. The highest BCUT2D eigenvalue weighted by Gasteiger charge is 2.23. The average Bonchev–Trinajstić information content (AvgIpc) is 2.47. The zero-order valence-electron chi connectivity index (χ0n) is 13.0. The van der Waals surface area contributed by atoms with Crippen molar-refractivity contribution in [2.75, 3.05) is 46.3 Å². The number of nitrogens with one attached hydrogen (secondary N) is 1. The minimum atomic E-state index is 0.857. The molecule has 0 aromatic heterocycles. The van der Waals surface area contributed by atoms with Gasteiger partial charge in [-0.15, -0.1) is 0 Å². The van der Waals surface area contributed by atoms with Gasteiger partial charge >= 0.3 is 0 Å². The van der Waals surface area contributed by atoms with Gasteiger partial charge in [-0.3, -0.25) is 4.90 Å². The second kappa shape index (κ2) is 8.23. The Labute approximate surface area is 119 Å². The highest BCUT2D eigenvalue weighted by Crippen LogP contribution is 2.29. The van der Waals surface area contributed by atoms with E-state index in [1.165, 1.54) is 77.8 Å². The maximum atomic E-state index is 3.43.